The van der Waals surface area contributed by atoms with Crippen LogP contribution in [0, 0.1) is 0 Å². The molecule has 1 aromatic heterocycles. The van der Waals surface area contributed by atoms with Crippen molar-refractivity contribution in [3.63, 3.8) is 0 Å². The molecule has 172 valence electrons. The first-order valence-electron chi connectivity index (χ1n) is 11.3. The summed E-state index contributed by atoms with van der Waals surface area (Å²) in [6, 6.07) is 27.2. The van der Waals surface area contributed by atoms with E-state index in [1.165, 1.54) is 11.1 Å². The summed E-state index contributed by atoms with van der Waals surface area (Å²) in [4.78, 5) is 16.8. The number of ether oxygens (including phenoxy) is 1. The molecule has 0 unspecified atom stereocenters. The number of aryl methyl sites for hydroxylation is 1. The Morgan fingerprint density at radius 1 is 0.912 bits per heavy atom. The normalized spacial score (nSPS) is 10.8. The predicted molar refractivity (Wildman–Crippen MR) is 136 cm³/mol. The fraction of sp³-hybridized carbons (Fsp3) is 0.172. The third kappa shape index (κ3) is 5.83. The summed E-state index contributed by atoms with van der Waals surface area (Å²) < 4.78 is 5.94. The summed E-state index contributed by atoms with van der Waals surface area (Å²) in [6.45, 7) is 2.16. The van der Waals surface area contributed by atoms with Crippen molar-refractivity contribution in [2.75, 3.05) is 0 Å². The third-order valence-corrected chi connectivity index (χ3v) is 5.85. The third-order valence-electron chi connectivity index (χ3n) is 5.60. The summed E-state index contributed by atoms with van der Waals surface area (Å²) in [5, 5.41) is 10.5. The molecule has 0 aliphatic heterocycles. The van der Waals surface area contributed by atoms with E-state index in [0.717, 1.165) is 36.1 Å². The smallest absolute Gasteiger partial charge is 0.337 e. The van der Waals surface area contributed by atoms with Crippen LogP contribution in [-0.2, 0) is 19.4 Å². The van der Waals surface area contributed by atoms with Gasteiger partial charge < -0.3 is 9.84 Å². The van der Waals surface area contributed by atoms with E-state index < -0.39 is 5.97 Å². The van der Waals surface area contributed by atoms with Gasteiger partial charge in [-0.05, 0) is 59.9 Å². The van der Waals surface area contributed by atoms with Crippen molar-refractivity contribution in [1.82, 2.24) is 4.98 Å². The summed E-state index contributed by atoms with van der Waals surface area (Å²) in [5.41, 5.74) is 5.55. The van der Waals surface area contributed by atoms with E-state index >= 15 is 0 Å². The zero-order valence-electron chi connectivity index (χ0n) is 19.0. The molecule has 0 aliphatic rings. The molecule has 0 radical (unpaired) electrons. The maximum atomic E-state index is 12.0. The van der Waals surface area contributed by atoms with Gasteiger partial charge in [0, 0.05) is 16.3 Å². The Bertz CT molecular complexity index is 1250. The molecule has 0 atom stereocenters. The number of aromatic nitrogens is 1. The molecule has 0 bridgehead atoms. The van der Waals surface area contributed by atoms with Crippen LogP contribution < -0.4 is 4.74 Å². The van der Waals surface area contributed by atoms with E-state index in [-0.39, 0.29) is 12.2 Å². The van der Waals surface area contributed by atoms with Gasteiger partial charge in [0.25, 0.3) is 0 Å². The first kappa shape index (κ1) is 23.5. The van der Waals surface area contributed by atoms with Crippen molar-refractivity contribution in [2.45, 2.75) is 32.8 Å². The van der Waals surface area contributed by atoms with E-state index in [1.54, 1.807) is 18.2 Å². The molecule has 0 fully saturated rings. The van der Waals surface area contributed by atoms with Gasteiger partial charge in [-0.15, -0.1) is 0 Å². The van der Waals surface area contributed by atoms with Crippen molar-refractivity contribution >= 4 is 17.6 Å². The Balaban J connectivity index is 1.55. The highest BCUT2D eigenvalue weighted by molar-refractivity contribution is 6.30. The van der Waals surface area contributed by atoms with Crippen LogP contribution in [0.25, 0.3) is 11.1 Å². The molecule has 4 rings (SSSR count). The Hall–Kier alpha value is -3.63. The number of rotatable bonds is 9. The van der Waals surface area contributed by atoms with Gasteiger partial charge >= 0.3 is 5.97 Å². The van der Waals surface area contributed by atoms with Gasteiger partial charge in [-0.3, -0.25) is 4.98 Å². The molecule has 34 heavy (non-hydrogen) atoms. The predicted octanol–water partition coefficient (Wildman–Crippen LogP) is 7.22. The lowest BCUT2D eigenvalue weighted by molar-refractivity contribution is 0.0693. The van der Waals surface area contributed by atoms with Crippen molar-refractivity contribution in [2.24, 2.45) is 0 Å². The SMILES string of the molecule is CCCc1nc(COc2ccc(Cc3ccccc3)cc2)c(C(=O)O)cc1-c1ccc(Cl)cc1. The van der Waals surface area contributed by atoms with Crippen LogP contribution in [0.1, 0.15) is 46.2 Å². The monoisotopic (exact) mass is 471 g/mol. The molecule has 4 aromatic rings. The average Bonchev–Trinajstić information content (AvgIpc) is 2.85. The summed E-state index contributed by atoms with van der Waals surface area (Å²) in [7, 11) is 0. The van der Waals surface area contributed by atoms with Gasteiger partial charge in [0.2, 0.25) is 0 Å². The maximum absolute atomic E-state index is 12.0. The van der Waals surface area contributed by atoms with E-state index in [9.17, 15) is 9.90 Å². The number of aromatic carboxylic acids is 1. The Morgan fingerprint density at radius 3 is 2.24 bits per heavy atom. The molecule has 1 N–H and O–H groups in total. The zero-order chi connectivity index (χ0) is 23.9. The van der Waals surface area contributed by atoms with E-state index in [0.29, 0.717) is 16.5 Å². The number of pyridine rings is 1. The standard InChI is InChI=1S/C29H26ClNO3/c1-2-6-27-25(22-11-13-23(30)14-12-22)18-26(29(32)33)28(31-27)19-34-24-15-9-21(10-16-24)17-20-7-4-3-5-8-20/h3-5,7-16,18H,2,6,17,19H2,1H3,(H,32,33). The first-order chi connectivity index (χ1) is 16.5. The van der Waals surface area contributed by atoms with Crippen LogP contribution in [0.5, 0.6) is 5.75 Å². The second-order valence-corrected chi connectivity index (χ2v) is 8.57. The summed E-state index contributed by atoms with van der Waals surface area (Å²) in [5.74, 6) is -0.351. The van der Waals surface area contributed by atoms with Gasteiger partial charge in [-0.1, -0.05) is 79.5 Å². The number of hydrogen-bond acceptors (Lipinski definition) is 3. The van der Waals surface area contributed by atoms with Gasteiger partial charge in [0.05, 0.1) is 11.3 Å². The van der Waals surface area contributed by atoms with Crippen LogP contribution >= 0.6 is 11.6 Å². The number of carboxylic acids is 1. The molecule has 0 saturated carbocycles. The van der Waals surface area contributed by atoms with Gasteiger partial charge in [0.1, 0.15) is 12.4 Å². The topological polar surface area (TPSA) is 59.4 Å². The van der Waals surface area contributed by atoms with Crippen molar-refractivity contribution < 1.29 is 14.6 Å². The Labute approximate surface area is 204 Å². The molecule has 0 saturated heterocycles. The summed E-state index contributed by atoms with van der Waals surface area (Å²) >= 11 is 6.03. The van der Waals surface area contributed by atoms with Crippen LogP contribution in [0.15, 0.2) is 84.9 Å². The minimum atomic E-state index is -1.03. The quantitative estimate of drug-likeness (QED) is 0.280. The fourth-order valence-corrected chi connectivity index (χ4v) is 4.01. The summed E-state index contributed by atoms with van der Waals surface area (Å²) in [6.07, 6.45) is 2.47. The van der Waals surface area contributed by atoms with Crippen LogP contribution in [0.2, 0.25) is 5.02 Å². The molecule has 0 aliphatic carbocycles. The average molecular weight is 472 g/mol. The highest BCUT2D eigenvalue weighted by Gasteiger charge is 2.18. The number of nitrogens with zero attached hydrogens (tertiary/aromatic N) is 1. The van der Waals surface area contributed by atoms with Gasteiger partial charge in [-0.2, -0.15) is 0 Å². The first-order valence-corrected chi connectivity index (χ1v) is 11.7. The maximum Gasteiger partial charge on any atom is 0.337 e. The van der Waals surface area contributed by atoms with E-state index in [1.807, 2.05) is 54.6 Å². The molecule has 4 nitrogen and oxygen atoms in total. The zero-order valence-corrected chi connectivity index (χ0v) is 19.8. The van der Waals surface area contributed by atoms with Crippen LogP contribution in [0.4, 0.5) is 0 Å². The van der Waals surface area contributed by atoms with Crippen molar-refractivity contribution in [3.05, 3.63) is 118 Å². The van der Waals surface area contributed by atoms with E-state index in [2.05, 4.69) is 19.1 Å². The molecule has 3 aromatic carbocycles. The molecule has 1 heterocycles. The number of carbonyl (C=O) groups is 1. The molecular weight excluding hydrogens is 446 g/mol. The Kier molecular flexibility index (Phi) is 7.61. The van der Waals surface area contributed by atoms with Crippen molar-refractivity contribution in [3.8, 4) is 16.9 Å². The second kappa shape index (κ2) is 11.0. The molecular formula is C29H26ClNO3. The highest BCUT2D eigenvalue weighted by atomic mass is 35.5. The molecule has 0 amide bonds. The van der Waals surface area contributed by atoms with Crippen LogP contribution in [-0.4, -0.2) is 16.1 Å². The van der Waals surface area contributed by atoms with Crippen molar-refractivity contribution in [1.29, 1.82) is 0 Å². The fourth-order valence-electron chi connectivity index (χ4n) is 3.88. The molecule has 0 spiro atoms. The largest absolute Gasteiger partial charge is 0.487 e. The lowest BCUT2D eigenvalue weighted by atomic mass is 9.98. The number of halogens is 1. The lowest BCUT2D eigenvalue weighted by Crippen LogP contribution is -2.11. The Morgan fingerprint density at radius 2 is 1.59 bits per heavy atom. The number of carboxylic acid groups (broad SMARTS) is 1. The minimum Gasteiger partial charge on any atom is -0.487 e. The molecule has 5 heteroatoms. The minimum absolute atomic E-state index is 0.0806. The number of hydrogen-bond donors (Lipinski definition) is 1. The van der Waals surface area contributed by atoms with E-state index in [4.69, 9.17) is 21.3 Å². The second-order valence-electron chi connectivity index (χ2n) is 8.13. The van der Waals surface area contributed by atoms with Gasteiger partial charge in [0.15, 0.2) is 0 Å². The van der Waals surface area contributed by atoms with Crippen LogP contribution in [0.3, 0.4) is 0 Å². The van der Waals surface area contributed by atoms with Gasteiger partial charge in [-0.25, -0.2) is 4.79 Å². The highest BCUT2D eigenvalue weighted by Crippen LogP contribution is 2.28. The lowest BCUT2D eigenvalue weighted by Gasteiger charge is -2.15. The number of benzene rings is 3.